The number of aliphatic hydroxyl groups is 1. The normalized spacial score (nSPS) is 22.0. The summed E-state index contributed by atoms with van der Waals surface area (Å²) < 4.78 is 1.36. The van der Waals surface area contributed by atoms with Gasteiger partial charge in [-0.15, -0.1) is 0 Å². The van der Waals surface area contributed by atoms with Gasteiger partial charge in [0.2, 0.25) is 5.91 Å². The van der Waals surface area contributed by atoms with Gasteiger partial charge in [-0.2, -0.15) is 5.10 Å². The molecule has 1 aliphatic carbocycles. The molecule has 1 aromatic heterocycles. The molecule has 0 bridgehead atoms. The highest BCUT2D eigenvalue weighted by Crippen LogP contribution is 2.22. The zero-order valence-corrected chi connectivity index (χ0v) is 12.2. The van der Waals surface area contributed by atoms with Gasteiger partial charge in [-0.3, -0.25) is 19.6 Å². The molecule has 0 atom stereocenters. The third-order valence-electron chi connectivity index (χ3n) is 3.88. The molecule has 1 fully saturated rings. The summed E-state index contributed by atoms with van der Waals surface area (Å²) in [6, 6.07) is 0.0628. The van der Waals surface area contributed by atoms with Gasteiger partial charge < -0.3 is 10.4 Å². The third-order valence-corrected chi connectivity index (χ3v) is 3.88. The van der Waals surface area contributed by atoms with Crippen LogP contribution in [0.5, 0.6) is 0 Å². The average Bonchev–Trinajstić information content (AvgIpc) is 2.67. The van der Waals surface area contributed by atoms with E-state index in [1.807, 2.05) is 0 Å². The Bertz CT molecular complexity index is 547. The molecule has 0 aromatic carbocycles. The standard InChI is InChI=1S/C13H20N4O4/c1-8-13(17(20)21)9(2)16(15-8)7-12(19)14-10-3-5-11(18)6-4-10/h10-11,18H,3-7H2,1-2H3,(H,14,19). The molecule has 0 radical (unpaired) electrons. The number of nitrogens with one attached hydrogen (secondary N) is 1. The number of amides is 1. The van der Waals surface area contributed by atoms with Crippen LogP contribution in [-0.2, 0) is 11.3 Å². The summed E-state index contributed by atoms with van der Waals surface area (Å²) in [6.45, 7) is 3.12. The van der Waals surface area contributed by atoms with Gasteiger partial charge in [0.05, 0.1) is 11.0 Å². The van der Waals surface area contributed by atoms with E-state index in [4.69, 9.17) is 0 Å². The lowest BCUT2D eigenvalue weighted by Gasteiger charge is -2.26. The van der Waals surface area contributed by atoms with Crippen molar-refractivity contribution in [3.05, 3.63) is 21.5 Å². The summed E-state index contributed by atoms with van der Waals surface area (Å²) in [4.78, 5) is 22.4. The van der Waals surface area contributed by atoms with E-state index in [1.54, 1.807) is 13.8 Å². The molecular weight excluding hydrogens is 276 g/mol. The van der Waals surface area contributed by atoms with Crippen LogP contribution in [0.4, 0.5) is 5.69 Å². The molecule has 0 spiro atoms. The predicted molar refractivity (Wildman–Crippen MR) is 74.8 cm³/mol. The van der Waals surface area contributed by atoms with Crippen LogP contribution in [0.15, 0.2) is 0 Å². The molecule has 0 unspecified atom stereocenters. The van der Waals surface area contributed by atoms with Crippen molar-refractivity contribution >= 4 is 11.6 Å². The first-order chi connectivity index (χ1) is 9.88. The average molecular weight is 296 g/mol. The molecule has 2 rings (SSSR count). The SMILES string of the molecule is Cc1nn(CC(=O)NC2CCC(O)CC2)c(C)c1[N+](=O)[O-]. The minimum atomic E-state index is -0.478. The number of nitro groups is 1. The minimum Gasteiger partial charge on any atom is -0.393 e. The fraction of sp³-hybridized carbons (Fsp3) is 0.692. The van der Waals surface area contributed by atoms with E-state index in [0.717, 1.165) is 12.8 Å². The number of aryl methyl sites for hydroxylation is 1. The highest BCUT2D eigenvalue weighted by atomic mass is 16.6. The number of aliphatic hydroxyl groups excluding tert-OH is 1. The quantitative estimate of drug-likeness (QED) is 0.631. The van der Waals surface area contributed by atoms with Crippen molar-refractivity contribution in [3.63, 3.8) is 0 Å². The summed E-state index contributed by atoms with van der Waals surface area (Å²) in [5.41, 5.74) is 0.654. The monoisotopic (exact) mass is 296 g/mol. The van der Waals surface area contributed by atoms with Crippen LogP contribution in [-0.4, -0.2) is 37.9 Å². The Labute approximate surface area is 122 Å². The molecule has 1 heterocycles. The third kappa shape index (κ3) is 3.57. The van der Waals surface area contributed by atoms with Crippen LogP contribution in [0.25, 0.3) is 0 Å². The predicted octanol–water partition coefficient (Wildman–Crippen LogP) is 0.828. The largest absolute Gasteiger partial charge is 0.393 e. The van der Waals surface area contributed by atoms with E-state index in [1.165, 1.54) is 4.68 Å². The zero-order chi connectivity index (χ0) is 15.6. The van der Waals surface area contributed by atoms with Crippen molar-refractivity contribution in [3.8, 4) is 0 Å². The number of nitrogens with zero attached hydrogens (tertiary/aromatic N) is 3. The van der Waals surface area contributed by atoms with E-state index < -0.39 is 4.92 Å². The Hall–Kier alpha value is -1.96. The molecule has 116 valence electrons. The van der Waals surface area contributed by atoms with Crippen molar-refractivity contribution in [2.75, 3.05) is 0 Å². The van der Waals surface area contributed by atoms with E-state index >= 15 is 0 Å². The Morgan fingerprint density at radius 3 is 2.57 bits per heavy atom. The lowest BCUT2D eigenvalue weighted by atomic mass is 9.93. The van der Waals surface area contributed by atoms with E-state index in [9.17, 15) is 20.0 Å². The Kier molecular flexibility index (Phi) is 4.56. The number of carbonyl (C=O) groups is 1. The van der Waals surface area contributed by atoms with Crippen LogP contribution >= 0.6 is 0 Å². The van der Waals surface area contributed by atoms with Crippen molar-refractivity contribution in [2.24, 2.45) is 0 Å². The lowest BCUT2D eigenvalue weighted by Crippen LogP contribution is -2.40. The van der Waals surface area contributed by atoms with E-state index in [2.05, 4.69) is 10.4 Å². The zero-order valence-electron chi connectivity index (χ0n) is 12.2. The lowest BCUT2D eigenvalue weighted by molar-refractivity contribution is -0.386. The second-order valence-corrected chi connectivity index (χ2v) is 5.51. The summed E-state index contributed by atoms with van der Waals surface area (Å²) in [6.07, 6.45) is 2.62. The number of rotatable bonds is 4. The second-order valence-electron chi connectivity index (χ2n) is 5.51. The summed E-state index contributed by atoms with van der Waals surface area (Å²) in [5, 5.41) is 27.3. The highest BCUT2D eigenvalue weighted by molar-refractivity contribution is 5.76. The van der Waals surface area contributed by atoms with Crippen LogP contribution in [0.3, 0.4) is 0 Å². The van der Waals surface area contributed by atoms with Gasteiger partial charge >= 0.3 is 5.69 Å². The van der Waals surface area contributed by atoms with Gasteiger partial charge in [0, 0.05) is 6.04 Å². The number of carbonyl (C=O) groups excluding carboxylic acids is 1. The first-order valence-electron chi connectivity index (χ1n) is 7.04. The molecule has 1 aliphatic rings. The van der Waals surface area contributed by atoms with Crippen molar-refractivity contribution in [2.45, 2.75) is 58.2 Å². The number of hydrogen-bond acceptors (Lipinski definition) is 5. The molecule has 0 aliphatic heterocycles. The van der Waals surface area contributed by atoms with Crippen LogP contribution in [0, 0.1) is 24.0 Å². The van der Waals surface area contributed by atoms with Gasteiger partial charge in [-0.25, -0.2) is 0 Å². The number of hydrogen-bond donors (Lipinski definition) is 2. The molecule has 2 N–H and O–H groups in total. The van der Waals surface area contributed by atoms with E-state index in [-0.39, 0.29) is 30.3 Å². The minimum absolute atomic E-state index is 0.0282. The fourth-order valence-corrected chi connectivity index (χ4v) is 2.74. The Morgan fingerprint density at radius 2 is 2.05 bits per heavy atom. The molecule has 21 heavy (non-hydrogen) atoms. The smallest absolute Gasteiger partial charge is 0.312 e. The highest BCUT2D eigenvalue weighted by Gasteiger charge is 2.24. The van der Waals surface area contributed by atoms with Gasteiger partial charge in [0.25, 0.3) is 0 Å². The van der Waals surface area contributed by atoms with Gasteiger partial charge in [-0.1, -0.05) is 0 Å². The number of aromatic nitrogens is 2. The first-order valence-corrected chi connectivity index (χ1v) is 7.04. The van der Waals surface area contributed by atoms with Crippen LogP contribution in [0.2, 0.25) is 0 Å². The van der Waals surface area contributed by atoms with Crippen molar-refractivity contribution in [1.82, 2.24) is 15.1 Å². The molecule has 1 aromatic rings. The summed E-state index contributed by atoms with van der Waals surface area (Å²) in [7, 11) is 0. The maximum Gasteiger partial charge on any atom is 0.312 e. The van der Waals surface area contributed by atoms with Gasteiger partial charge in [-0.05, 0) is 39.5 Å². The van der Waals surface area contributed by atoms with Gasteiger partial charge in [0.1, 0.15) is 17.9 Å². The summed E-state index contributed by atoms with van der Waals surface area (Å²) >= 11 is 0. The van der Waals surface area contributed by atoms with Crippen LogP contribution < -0.4 is 5.32 Å². The second kappa shape index (κ2) is 6.21. The maximum atomic E-state index is 12.0. The van der Waals surface area contributed by atoms with Crippen molar-refractivity contribution < 1.29 is 14.8 Å². The molecule has 8 nitrogen and oxygen atoms in total. The fourth-order valence-electron chi connectivity index (χ4n) is 2.74. The molecule has 1 amide bonds. The first kappa shape index (κ1) is 15.4. The molecule has 0 saturated heterocycles. The van der Waals surface area contributed by atoms with E-state index in [0.29, 0.717) is 24.2 Å². The summed E-state index contributed by atoms with van der Waals surface area (Å²) in [5.74, 6) is -0.211. The topological polar surface area (TPSA) is 110 Å². The van der Waals surface area contributed by atoms with Crippen molar-refractivity contribution in [1.29, 1.82) is 0 Å². The Morgan fingerprint density at radius 1 is 1.43 bits per heavy atom. The van der Waals surface area contributed by atoms with Gasteiger partial charge in [0.15, 0.2) is 0 Å². The molecule has 8 heteroatoms. The molecule has 1 saturated carbocycles. The maximum absolute atomic E-state index is 12.0. The molecular formula is C13H20N4O4. The Balaban J connectivity index is 1.97. The van der Waals surface area contributed by atoms with Crippen LogP contribution in [0.1, 0.15) is 37.1 Å².